The van der Waals surface area contributed by atoms with Crippen molar-refractivity contribution in [3.8, 4) is 0 Å². The van der Waals surface area contributed by atoms with E-state index in [0.717, 1.165) is 32.5 Å². The van der Waals surface area contributed by atoms with Crippen LogP contribution >= 0.6 is 0 Å². The van der Waals surface area contributed by atoms with Gasteiger partial charge in [-0.1, -0.05) is 0 Å². The zero-order valence-corrected chi connectivity index (χ0v) is 8.96. The maximum Gasteiger partial charge on any atom is 0.490 e. The van der Waals surface area contributed by atoms with E-state index < -0.39 is 12.1 Å². The van der Waals surface area contributed by atoms with E-state index in [1.807, 2.05) is 4.90 Å². The lowest BCUT2D eigenvalue weighted by Crippen LogP contribution is -2.57. The van der Waals surface area contributed by atoms with E-state index in [-0.39, 0.29) is 0 Å². The fraction of sp³-hybridized carbons (Fsp3) is 0.778. The molecular weight excluding hydrogens is 241 g/mol. The van der Waals surface area contributed by atoms with Crippen LogP contribution in [0.5, 0.6) is 0 Å². The maximum absolute atomic E-state index is 11.1. The molecule has 2 saturated heterocycles. The Labute approximate surface area is 95.6 Å². The molecule has 17 heavy (non-hydrogen) atoms. The summed E-state index contributed by atoms with van der Waals surface area (Å²) in [7, 11) is 0. The van der Waals surface area contributed by atoms with Gasteiger partial charge in [-0.2, -0.15) is 13.2 Å². The van der Waals surface area contributed by atoms with Crippen LogP contribution in [0.1, 0.15) is 12.8 Å². The lowest BCUT2D eigenvalue weighted by molar-refractivity contribution is -0.192. The third kappa shape index (κ3) is 3.88. The minimum absolute atomic E-state index is 0.353. The van der Waals surface area contributed by atoms with Crippen LogP contribution in [-0.2, 0) is 9.59 Å². The fourth-order valence-corrected chi connectivity index (χ4v) is 1.55. The highest BCUT2D eigenvalue weighted by atomic mass is 19.4. The standard InChI is InChI=1S/C7H12N2O.C2HF3O2/c10-7-2-1-3-9(7)6-4-8-5-6;3-2(4,5)1(6)7/h6,8H,1-5H2;(H,6,7). The largest absolute Gasteiger partial charge is 0.490 e. The average molecular weight is 254 g/mol. The molecular formula is C9H13F3N2O3. The fourth-order valence-electron chi connectivity index (χ4n) is 1.55. The van der Waals surface area contributed by atoms with E-state index in [4.69, 9.17) is 9.90 Å². The molecule has 0 unspecified atom stereocenters. The van der Waals surface area contributed by atoms with Crippen LogP contribution in [-0.4, -0.2) is 53.7 Å². The first-order valence-electron chi connectivity index (χ1n) is 5.12. The minimum atomic E-state index is -5.08. The molecule has 98 valence electrons. The highest BCUT2D eigenvalue weighted by molar-refractivity contribution is 5.78. The molecule has 0 atom stereocenters. The molecule has 0 aromatic carbocycles. The Kier molecular flexibility index (Phi) is 4.33. The van der Waals surface area contributed by atoms with Gasteiger partial charge in [0.25, 0.3) is 0 Å². The van der Waals surface area contributed by atoms with E-state index in [2.05, 4.69) is 5.32 Å². The second kappa shape index (κ2) is 5.35. The van der Waals surface area contributed by atoms with Crippen molar-refractivity contribution in [1.82, 2.24) is 10.2 Å². The molecule has 0 bridgehead atoms. The van der Waals surface area contributed by atoms with Crippen LogP contribution < -0.4 is 5.32 Å². The van der Waals surface area contributed by atoms with Gasteiger partial charge in [-0.05, 0) is 6.42 Å². The Hall–Kier alpha value is -1.31. The first-order chi connectivity index (χ1) is 7.82. The van der Waals surface area contributed by atoms with Gasteiger partial charge in [0, 0.05) is 26.1 Å². The number of rotatable bonds is 1. The summed E-state index contributed by atoms with van der Waals surface area (Å²) >= 11 is 0. The highest BCUT2D eigenvalue weighted by Gasteiger charge is 2.38. The highest BCUT2D eigenvalue weighted by Crippen LogP contribution is 2.15. The van der Waals surface area contributed by atoms with E-state index in [1.165, 1.54) is 0 Å². The summed E-state index contributed by atoms with van der Waals surface area (Å²) in [5, 5.41) is 10.3. The monoisotopic (exact) mass is 254 g/mol. The summed E-state index contributed by atoms with van der Waals surface area (Å²) in [6, 6.07) is 0.523. The van der Waals surface area contributed by atoms with Crippen molar-refractivity contribution in [2.24, 2.45) is 0 Å². The molecule has 2 aliphatic rings. The molecule has 1 amide bonds. The van der Waals surface area contributed by atoms with Crippen LogP contribution in [0.2, 0.25) is 0 Å². The SMILES string of the molecule is O=C(O)C(F)(F)F.O=C1CCCN1C1CNC1. The third-order valence-corrected chi connectivity index (χ3v) is 2.55. The zero-order valence-electron chi connectivity index (χ0n) is 8.96. The summed E-state index contributed by atoms with van der Waals surface area (Å²) in [4.78, 5) is 22.0. The van der Waals surface area contributed by atoms with E-state index in [9.17, 15) is 18.0 Å². The van der Waals surface area contributed by atoms with Gasteiger partial charge in [-0.25, -0.2) is 4.79 Å². The molecule has 2 aliphatic heterocycles. The van der Waals surface area contributed by atoms with Crippen LogP contribution in [0.4, 0.5) is 13.2 Å². The molecule has 0 aliphatic carbocycles. The van der Waals surface area contributed by atoms with Crippen LogP contribution in [0.25, 0.3) is 0 Å². The number of hydrogen-bond acceptors (Lipinski definition) is 3. The third-order valence-electron chi connectivity index (χ3n) is 2.55. The summed E-state index contributed by atoms with van der Waals surface area (Å²) in [6.07, 6.45) is -3.24. The summed E-state index contributed by atoms with van der Waals surface area (Å²) < 4.78 is 31.7. The van der Waals surface area contributed by atoms with Gasteiger partial charge in [-0.15, -0.1) is 0 Å². The minimum Gasteiger partial charge on any atom is -0.475 e. The predicted molar refractivity (Wildman–Crippen MR) is 51.3 cm³/mol. The number of alkyl halides is 3. The summed E-state index contributed by atoms with van der Waals surface area (Å²) in [5.41, 5.74) is 0. The molecule has 5 nitrogen and oxygen atoms in total. The number of likely N-dealkylation sites (tertiary alicyclic amines) is 1. The van der Waals surface area contributed by atoms with Crippen molar-refractivity contribution >= 4 is 11.9 Å². The average Bonchev–Trinajstić information content (AvgIpc) is 2.49. The predicted octanol–water partition coefficient (Wildman–Crippen LogP) is 0.214. The van der Waals surface area contributed by atoms with Gasteiger partial charge < -0.3 is 15.3 Å². The number of amides is 1. The quantitative estimate of drug-likeness (QED) is 0.702. The van der Waals surface area contributed by atoms with Crippen molar-refractivity contribution in [2.45, 2.75) is 25.1 Å². The van der Waals surface area contributed by atoms with Gasteiger partial charge in [-0.3, -0.25) is 4.79 Å². The number of carboxylic acids is 1. The Morgan fingerprint density at radius 3 is 2.18 bits per heavy atom. The van der Waals surface area contributed by atoms with Crippen molar-refractivity contribution < 1.29 is 27.9 Å². The van der Waals surface area contributed by atoms with Crippen molar-refractivity contribution in [2.75, 3.05) is 19.6 Å². The number of nitrogens with zero attached hydrogens (tertiary/aromatic N) is 1. The molecule has 0 radical (unpaired) electrons. The Morgan fingerprint density at radius 1 is 1.41 bits per heavy atom. The number of nitrogens with one attached hydrogen (secondary N) is 1. The van der Waals surface area contributed by atoms with Gasteiger partial charge >= 0.3 is 12.1 Å². The molecule has 2 rings (SSSR count). The Morgan fingerprint density at radius 2 is 1.94 bits per heavy atom. The van der Waals surface area contributed by atoms with Crippen molar-refractivity contribution in [3.05, 3.63) is 0 Å². The molecule has 0 aromatic heterocycles. The summed E-state index contributed by atoms with van der Waals surface area (Å²) in [5.74, 6) is -2.40. The first-order valence-corrected chi connectivity index (χ1v) is 5.12. The van der Waals surface area contributed by atoms with Crippen molar-refractivity contribution in [3.63, 3.8) is 0 Å². The molecule has 0 spiro atoms. The van der Waals surface area contributed by atoms with Gasteiger partial charge in [0.2, 0.25) is 5.91 Å². The number of carboxylic acid groups (broad SMARTS) is 1. The van der Waals surface area contributed by atoms with E-state index in [1.54, 1.807) is 0 Å². The lowest BCUT2D eigenvalue weighted by Gasteiger charge is -2.35. The molecule has 2 fully saturated rings. The number of carbonyl (C=O) groups is 2. The smallest absolute Gasteiger partial charge is 0.475 e. The molecule has 2 N–H and O–H groups in total. The van der Waals surface area contributed by atoms with Gasteiger partial charge in [0.1, 0.15) is 0 Å². The maximum atomic E-state index is 11.1. The number of halogens is 3. The molecule has 8 heteroatoms. The first kappa shape index (κ1) is 13.8. The van der Waals surface area contributed by atoms with Crippen LogP contribution in [0.3, 0.4) is 0 Å². The van der Waals surface area contributed by atoms with E-state index >= 15 is 0 Å². The van der Waals surface area contributed by atoms with Crippen LogP contribution in [0, 0.1) is 0 Å². The normalized spacial score (nSPS) is 20.6. The van der Waals surface area contributed by atoms with Crippen LogP contribution in [0.15, 0.2) is 0 Å². The number of carbonyl (C=O) groups excluding carboxylic acids is 1. The second-order valence-electron chi connectivity index (χ2n) is 3.81. The number of hydrogen-bond donors (Lipinski definition) is 2. The number of aliphatic carboxylic acids is 1. The van der Waals surface area contributed by atoms with Gasteiger partial charge in [0.05, 0.1) is 6.04 Å². The van der Waals surface area contributed by atoms with E-state index in [0.29, 0.717) is 11.9 Å². The molecule has 2 heterocycles. The van der Waals surface area contributed by atoms with Gasteiger partial charge in [0.15, 0.2) is 0 Å². The topological polar surface area (TPSA) is 69.6 Å². The Bertz CT molecular complexity index is 302. The molecule has 0 saturated carbocycles. The molecule has 0 aromatic rings. The second-order valence-corrected chi connectivity index (χ2v) is 3.81. The summed E-state index contributed by atoms with van der Waals surface area (Å²) in [6.45, 7) is 3.00. The lowest BCUT2D eigenvalue weighted by atomic mass is 10.1. The Balaban J connectivity index is 0.000000185. The zero-order chi connectivity index (χ0) is 13.1. The van der Waals surface area contributed by atoms with Crippen molar-refractivity contribution in [1.29, 1.82) is 0 Å².